The lowest BCUT2D eigenvalue weighted by molar-refractivity contribution is -0.122. The predicted molar refractivity (Wildman–Crippen MR) is 113 cm³/mol. The lowest BCUT2D eigenvalue weighted by Gasteiger charge is -2.13. The lowest BCUT2D eigenvalue weighted by atomic mass is 10.2. The van der Waals surface area contributed by atoms with Crippen molar-refractivity contribution in [2.45, 2.75) is 38.3 Å². The number of anilines is 1. The summed E-state index contributed by atoms with van der Waals surface area (Å²) in [5.74, 6) is -0.739. The molecule has 0 atom stereocenters. The van der Waals surface area contributed by atoms with E-state index in [0.717, 1.165) is 31.4 Å². The Bertz CT molecular complexity index is 1100. The Kier molecular flexibility index (Phi) is 5.74. The van der Waals surface area contributed by atoms with Crippen LogP contribution in [0.1, 0.15) is 36.0 Å². The molecule has 0 radical (unpaired) electrons. The molecule has 2 N–H and O–H groups in total. The van der Waals surface area contributed by atoms with E-state index in [4.69, 9.17) is 0 Å². The van der Waals surface area contributed by atoms with Crippen LogP contribution in [-0.2, 0) is 11.3 Å². The molecule has 0 spiro atoms. The summed E-state index contributed by atoms with van der Waals surface area (Å²) in [7, 11) is 0. The molecular weight excluding hydrogens is 382 g/mol. The van der Waals surface area contributed by atoms with Crippen molar-refractivity contribution in [1.82, 2.24) is 19.7 Å². The van der Waals surface area contributed by atoms with Gasteiger partial charge in [-0.1, -0.05) is 18.9 Å². The van der Waals surface area contributed by atoms with Crippen LogP contribution in [0.2, 0.25) is 0 Å². The van der Waals surface area contributed by atoms with Crippen molar-refractivity contribution in [3.8, 4) is 5.69 Å². The number of carbonyl (C=O) groups is 2. The zero-order chi connectivity index (χ0) is 20.9. The number of aromatic nitrogens is 3. The molecule has 8 nitrogen and oxygen atoms in total. The van der Waals surface area contributed by atoms with Crippen LogP contribution in [0.4, 0.5) is 5.69 Å². The maximum absolute atomic E-state index is 12.7. The Hall–Kier alpha value is -3.68. The maximum Gasteiger partial charge on any atom is 0.263 e. The highest BCUT2D eigenvalue weighted by atomic mass is 16.2. The second-order valence-electron chi connectivity index (χ2n) is 7.36. The summed E-state index contributed by atoms with van der Waals surface area (Å²) in [6, 6.07) is 12.2. The monoisotopic (exact) mass is 405 g/mol. The van der Waals surface area contributed by atoms with Gasteiger partial charge in [-0.2, -0.15) is 5.10 Å². The topological polar surface area (TPSA) is 98.0 Å². The minimum absolute atomic E-state index is 0.0179. The van der Waals surface area contributed by atoms with Gasteiger partial charge in [-0.3, -0.25) is 14.4 Å². The molecule has 1 aromatic carbocycles. The first-order valence-electron chi connectivity index (χ1n) is 10.0. The van der Waals surface area contributed by atoms with Crippen molar-refractivity contribution in [2.24, 2.45) is 0 Å². The van der Waals surface area contributed by atoms with Crippen molar-refractivity contribution in [2.75, 3.05) is 5.32 Å². The minimum atomic E-state index is -0.525. The van der Waals surface area contributed by atoms with Crippen molar-refractivity contribution in [3.63, 3.8) is 0 Å². The van der Waals surface area contributed by atoms with Gasteiger partial charge in [0.1, 0.15) is 12.1 Å². The Morgan fingerprint density at radius 2 is 1.90 bits per heavy atom. The van der Waals surface area contributed by atoms with E-state index in [1.807, 2.05) is 6.07 Å². The highest BCUT2D eigenvalue weighted by molar-refractivity contribution is 6.04. The Labute approximate surface area is 173 Å². The first-order chi connectivity index (χ1) is 14.6. The van der Waals surface area contributed by atoms with Gasteiger partial charge >= 0.3 is 0 Å². The molecule has 2 aromatic heterocycles. The summed E-state index contributed by atoms with van der Waals surface area (Å²) >= 11 is 0. The molecule has 1 aliphatic carbocycles. The van der Waals surface area contributed by atoms with Gasteiger partial charge in [0, 0.05) is 30.3 Å². The van der Waals surface area contributed by atoms with Crippen molar-refractivity contribution in [3.05, 3.63) is 77.0 Å². The molecule has 0 unspecified atom stereocenters. The first kappa shape index (κ1) is 19.6. The lowest BCUT2D eigenvalue weighted by Crippen LogP contribution is -2.38. The number of pyridine rings is 1. The van der Waals surface area contributed by atoms with E-state index in [-0.39, 0.29) is 24.1 Å². The molecule has 2 heterocycles. The molecule has 1 fully saturated rings. The van der Waals surface area contributed by atoms with E-state index in [1.165, 1.54) is 16.8 Å². The third-order valence-corrected chi connectivity index (χ3v) is 5.17. The summed E-state index contributed by atoms with van der Waals surface area (Å²) in [6.07, 6.45) is 9.16. The van der Waals surface area contributed by atoms with E-state index >= 15 is 0 Å². The molecule has 30 heavy (non-hydrogen) atoms. The van der Waals surface area contributed by atoms with Crippen LogP contribution in [0.5, 0.6) is 0 Å². The number of amides is 2. The summed E-state index contributed by atoms with van der Waals surface area (Å²) in [5, 5.41) is 9.87. The van der Waals surface area contributed by atoms with Crippen LogP contribution in [0.25, 0.3) is 5.69 Å². The van der Waals surface area contributed by atoms with Crippen LogP contribution in [0, 0.1) is 0 Å². The number of rotatable bonds is 6. The van der Waals surface area contributed by atoms with Crippen molar-refractivity contribution < 1.29 is 9.59 Å². The van der Waals surface area contributed by atoms with E-state index in [1.54, 1.807) is 47.4 Å². The van der Waals surface area contributed by atoms with Crippen LogP contribution in [0.3, 0.4) is 0 Å². The number of hydrogen-bond acceptors (Lipinski definition) is 4. The number of carbonyl (C=O) groups excluding carboxylic acids is 2. The van der Waals surface area contributed by atoms with E-state index < -0.39 is 11.5 Å². The third kappa shape index (κ3) is 4.48. The first-order valence-corrected chi connectivity index (χ1v) is 10.0. The molecule has 1 saturated carbocycles. The molecule has 0 saturated heterocycles. The predicted octanol–water partition coefficient (Wildman–Crippen LogP) is 2.35. The summed E-state index contributed by atoms with van der Waals surface area (Å²) < 4.78 is 2.94. The normalized spacial score (nSPS) is 13.9. The zero-order valence-electron chi connectivity index (χ0n) is 16.5. The second kappa shape index (κ2) is 8.77. The van der Waals surface area contributed by atoms with Crippen molar-refractivity contribution in [1.29, 1.82) is 0 Å². The van der Waals surface area contributed by atoms with Gasteiger partial charge in [-0.15, -0.1) is 0 Å². The van der Waals surface area contributed by atoms with Crippen LogP contribution in [0.15, 0.2) is 65.8 Å². The summed E-state index contributed by atoms with van der Waals surface area (Å²) in [5.41, 5.74) is 0.809. The minimum Gasteiger partial charge on any atom is -0.352 e. The van der Waals surface area contributed by atoms with Crippen LogP contribution in [-0.4, -0.2) is 32.2 Å². The molecular formula is C22H23N5O3. The Morgan fingerprint density at radius 3 is 2.67 bits per heavy atom. The molecule has 3 aromatic rings. The summed E-state index contributed by atoms with van der Waals surface area (Å²) in [6.45, 7) is -0.106. The highest BCUT2D eigenvalue weighted by Gasteiger charge is 2.18. The number of nitrogens with zero attached hydrogens (tertiary/aromatic N) is 3. The number of nitrogens with one attached hydrogen (secondary N) is 2. The van der Waals surface area contributed by atoms with Gasteiger partial charge in [0.15, 0.2) is 0 Å². The second-order valence-corrected chi connectivity index (χ2v) is 7.36. The molecule has 0 aliphatic heterocycles. The number of benzene rings is 1. The fraction of sp³-hybridized carbons (Fsp3) is 0.273. The third-order valence-electron chi connectivity index (χ3n) is 5.17. The average molecular weight is 405 g/mol. The van der Waals surface area contributed by atoms with Gasteiger partial charge in [-0.05, 0) is 49.2 Å². The quantitative estimate of drug-likeness (QED) is 0.658. The number of hydrogen-bond donors (Lipinski definition) is 2. The zero-order valence-corrected chi connectivity index (χ0v) is 16.5. The Morgan fingerprint density at radius 1 is 1.07 bits per heavy atom. The highest BCUT2D eigenvalue weighted by Crippen LogP contribution is 2.17. The van der Waals surface area contributed by atoms with Crippen molar-refractivity contribution >= 4 is 17.5 Å². The smallest absolute Gasteiger partial charge is 0.263 e. The average Bonchev–Trinajstić information content (AvgIpc) is 3.44. The van der Waals surface area contributed by atoms with Gasteiger partial charge in [-0.25, -0.2) is 4.68 Å². The van der Waals surface area contributed by atoms with E-state index in [2.05, 4.69) is 15.7 Å². The van der Waals surface area contributed by atoms with E-state index in [0.29, 0.717) is 5.69 Å². The fourth-order valence-corrected chi connectivity index (χ4v) is 3.68. The largest absolute Gasteiger partial charge is 0.352 e. The Balaban J connectivity index is 1.47. The maximum atomic E-state index is 12.7. The standard InChI is InChI=1S/C22H23N5O3/c28-20(24-16-6-1-2-7-16)15-26-12-4-10-19(22(26)30)21(29)25-17-8-3-9-18(14-17)27-13-5-11-23-27/h3-5,8-14,16H,1-2,6-7,15H2,(H,24,28)(H,25,29). The van der Waals surface area contributed by atoms with Gasteiger partial charge in [0.25, 0.3) is 11.5 Å². The molecule has 154 valence electrons. The molecule has 0 bridgehead atoms. The van der Waals surface area contributed by atoms with Gasteiger partial charge < -0.3 is 15.2 Å². The SMILES string of the molecule is O=C(Cn1cccc(C(=O)Nc2cccc(-n3cccn3)c2)c1=O)NC1CCCC1. The molecule has 4 rings (SSSR count). The van der Waals surface area contributed by atoms with Gasteiger partial charge in [0.05, 0.1) is 5.69 Å². The van der Waals surface area contributed by atoms with Crippen LogP contribution >= 0.6 is 0 Å². The molecule has 2 amide bonds. The fourth-order valence-electron chi connectivity index (χ4n) is 3.68. The van der Waals surface area contributed by atoms with E-state index in [9.17, 15) is 14.4 Å². The molecule has 1 aliphatic rings. The molecule has 8 heteroatoms. The summed E-state index contributed by atoms with van der Waals surface area (Å²) in [4.78, 5) is 37.7. The van der Waals surface area contributed by atoms with Crippen LogP contribution < -0.4 is 16.2 Å². The van der Waals surface area contributed by atoms with Gasteiger partial charge in [0.2, 0.25) is 5.91 Å².